The van der Waals surface area contributed by atoms with Gasteiger partial charge in [-0.25, -0.2) is 0 Å². The normalized spacial score (nSPS) is 19.8. The predicted molar refractivity (Wildman–Crippen MR) is 68.6 cm³/mol. The molecule has 1 aliphatic heterocycles. The van der Waals surface area contributed by atoms with Crippen LogP contribution in [0.15, 0.2) is 22.7 Å². The number of nitrogens with two attached hydrogens (primary N) is 1. The highest BCUT2D eigenvalue weighted by Crippen LogP contribution is 2.30. The van der Waals surface area contributed by atoms with Gasteiger partial charge in [-0.3, -0.25) is 14.5 Å². The van der Waals surface area contributed by atoms with Crippen molar-refractivity contribution in [3.05, 3.63) is 28.2 Å². The highest BCUT2D eigenvalue weighted by atomic mass is 79.9. The van der Waals surface area contributed by atoms with Gasteiger partial charge in [0.25, 0.3) is 0 Å². The number of aryl methyl sites for hydroxylation is 1. The Morgan fingerprint density at radius 1 is 1.53 bits per heavy atom. The molecule has 2 amide bonds. The fourth-order valence-electron chi connectivity index (χ4n) is 2.14. The molecule has 1 heterocycles. The van der Waals surface area contributed by atoms with Crippen molar-refractivity contribution in [3.8, 4) is 0 Å². The largest absolute Gasteiger partial charge is 0.368 e. The Hall–Kier alpha value is -1.36. The van der Waals surface area contributed by atoms with Gasteiger partial charge in [-0.05, 0) is 37.1 Å². The lowest BCUT2D eigenvalue weighted by Crippen LogP contribution is -2.42. The van der Waals surface area contributed by atoms with Crippen molar-refractivity contribution in [2.24, 2.45) is 5.73 Å². The van der Waals surface area contributed by atoms with Crippen molar-refractivity contribution in [1.82, 2.24) is 0 Å². The summed E-state index contributed by atoms with van der Waals surface area (Å²) in [5.74, 6) is -0.489. The molecule has 0 spiro atoms. The Morgan fingerprint density at radius 3 is 2.82 bits per heavy atom. The van der Waals surface area contributed by atoms with E-state index in [1.165, 1.54) is 4.90 Å². The van der Waals surface area contributed by atoms with E-state index in [2.05, 4.69) is 15.9 Å². The molecule has 2 N–H and O–H groups in total. The molecule has 0 saturated carbocycles. The number of hydrogen-bond donors (Lipinski definition) is 1. The van der Waals surface area contributed by atoms with Gasteiger partial charge in [0.1, 0.15) is 6.04 Å². The number of carbonyl (C=O) groups is 2. The average Bonchev–Trinajstić information content (AvgIpc) is 2.60. The zero-order valence-corrected chi connectivity index (χ0v) is 11.0. The summed E-state index contributed by atoms with van der Waals surface area (Å²) in [6.45, 7) is 1.91. The van der Waals surface area contributed by atoms with Crippen LogP contribution in [0.2, 0.25) is 0 Å². The third kappa shape index (κ3) is 2.20. The first-order chi connectivity index (χ1) is 8.00. The number of primary amides is 1. The van der Waals surface area contributed by atoms with Crippen LogP contribution >= 0.6 is 15.9 Å². The predicted octanol–water partition coefficient (Wildman–Crippen LogP) is 1.74. The number of benzene rings is 1. The van der Waals surface area contributed by atoms with E-state index >= 15 is 0 Å². The molecule has 0 bridgehead atoms. The number of rotatable bonds is 2. The van der Waals surface area contributed by atoms with Gasteiger partial charge in [0.15, 0.2) is 0 Å². The van der Waals surface area contributed by atoms with Crippen LogP contribution in [0.4, 0.5) is 5.69 Å². The minimum absolute atomic E-state index is 0.0424. The van der Waals surface area contributed by atoms with Crippen molar-refractivity contribution < 1.29 is 9.59 Å². The number of anilines is 1. The van der Waals surface area contributed by atoms with E-state index in [-0.39, 0.29) is 5.91 Å². The summed E-state index contributed by atoms with van der Waals surface area (Å²) >= 11 is 3.37. The standard InChI is InChI=1S/C12H13BrN2O2/c1-7-6-8(13)2-3-9(7)15-10(12(14)17)4-5-11(15)16/h2-3,6,10H,4-5H2,1H3,(H2,14,17). The summed E-state index contributed by atoms with van der Waals surface area (Å²) in [7, 11) is 0. The topological polar surface area (TPSA) is 63.4 Å². The van der Waals surface area contributed by atoms with E-state index < -0.39 is 11.9 Å². The Balaban J connectivity index is 2.43. The van der Waals surface area contributed by atoms with E-state index in [9.17, 15) is 9.59 Å². The first-order valence-corrected chi connectivity index (χ1v) is 6.17. The molecule has 2 rings (SSSR count). The zero-order chi connectivity index (χ0) is 12.6. The van der Waals surface area contributed by atoms with Gasteiger partial charge in [0, 0.05) is 16.6 Å². The van der Waals surface area contributed by atoms with Crippen LogP contribution in [0.3, 0.4) is 0 Å². The number of carbonyl (C=O) groups excluding carboxylic acids is 2. The Bertz CT molecular complexity index is 487. The minimum atomic E-state index is -0.512. The fourth-order valence-corrected chi connectivity index (χ4v) is 2.62. The molecule has 1 fully saturated rings. The first-order valence-electron chi connectivity index (χ1n) is 5.38. The Labute approximate surface area is 108 Å². The molecule has 1 aromatic carbocycles. The minimum Gasteiger partial charge on any atom is -0.368 e. The van der Waals surface area contributed by atoms with E-state index in [1.807, 2.05) is 25.1 Å². The highest BCUT2D eigenvalue weighted by Gasteiger charge is 2.36. The van der Waals surface area contributed by atoms with E-state index in [0.717, 1.165) is 15.7 Å². The van der Waals surface area contributed by atoms with E-state index in [4.69, 9.17) is 5.73 Å². The van der Waals surface area contributed by atoms with Crippen molar-refractivity contribution in [2.45, 2.75) is 25.8 Å². The van der Waals surface area contributed by atoms with Gasteiger partial charge < -0.3 is 5.73 Å². The molecular weight excluding hydrogens is 284 g/mol. The summed E-state index contributed by atoms with van der Waals surface area (Å²) in [5, 5.41) is 0. The van der Waals surface area contributed by atoms with Crippen molar-refractivity contribution in [1.29, 1.82) is 0 Å². The van der Waals surface area contributed by atoms with Crippen molar-refractivity contribution in [2.75, 3.05) is 4.90 Å². The lowest BCUT2D eigenvalue weighted by molar-refractivity contribution is -0.121. The molecule has 0 aromatic heterocycles. The smallest absolute Gasteiger partial charge is 0.240 e. The van der Waals surface area contributed by atoms with Crippen LogP contribution in [0.25, 0.3) is 0 Å². The van der Waals surface area contributed by atoms with Crippen molar-refractivity contribution in [3.63, 3.8) is 0 Å². The lowest BCUT2D eigenvalue weighted by Gasteiger charge is -2.24. The zero-order valence-electron chi connectivity index (χ0n) is 9.44. The Kier molecular flexibility index (Phi) is 3.19. The quantitative estimate of drug-likeness (QED) is 0.903. The van der Waals surface area contributed by atoms with Crippen LogP contribution < -0.4 is 10.6 Å². The highest BCUT2D eigenvalue weighted by molar-refractivity contribution is 9.10. The molecule has 4 nitrogen and oxygen atoms in total. The molecular formula is C12H13BrN2O2. The molecule has 17 heavy (non-hydrogen) atoms. The fraction of sp³-hybridized carbons (Fsp3) is 0.333. The SMILES string of the molecule is Cc1cc(Br)ccc1N1C(=O)CCC1C(N)=O. The number of halogens is 1. The summed E-state index contributed by atoms with van der Waals surface area (Å²) < 4.78 is 0.945. The van der Waals surface area contributed by atoms with Gasteiger partial charge in [0.2, 0.25) is 11.8 Å². The molecule has 1 aliphatic rings. The Morgan fingerprint density at radius 2 is 2.24 bits per heavy atom. The molecule has 0 aliphatic carbocycles. The first kappa shape index (κ1) is 12.1. The number of amides is 2. The molecule has 5 heteroatoms. The van der Waals surface area contributed by atoms with E-state index in [1.54, 1.807) is 0 Å². The maximum atomic E-state index is 11.8. The summed E-state index contributed by atoms with van der Waals surface area (Å²) in [6, 6.07) is 5.09. The summed E-state index contributed by atoms with van der Waals surface area (Å²) in [6.07, 6.45) is 0.882. The second-order valence-corrected chi connectivity index (χ2v) is 5.07. The lowest BCUT2D eigenvalue weighted by atomic mass is 10.1. The van der Waals surface area contributed by atoms with Gasteiger partial charge in [-0.2, -0.15) is 0 Å². The summed E-state index contributed by atoms with van der Waals surface area (Å²) in [5.41, 5.74) is 7.03. The average molecular weight is 297 g/mol. The monoisotopic (exact) mass is 296 g/mol. The summed E-state index contributed by atoms with van der Waals surface area (Å²) in [4.78, 5) is 24.7. The molecule has 1 unspecified atom stereocenters. The van der Waals surface area contributed by atoms with Crippen LogP contribution in [0, 0.1) is 6.92 Å². The second-order valence-electron chi connectivity index (χ2n) is 4.15. The van der Waals surface area contributed by atoms with Gasteiger partial charge in [-0.1, -0.05) is 15.9 Å². The maximum absolute atomic E-state index is 11.8. The maximum Gasteiger partial charge on any atom is 0.240 e. The molecule has 1 atom stereocenters. The van der Waals surface area contributed by atoms with Gasteiger partial charge >= 0.3 is 0 Å². The van der Waals surface area contributed by atoms with Crippen LogP contribution in [0.5, 0.6) is 0 Å². The molecule has 1 aromatic rings. The van der Waals surface area contributed by atoms with Crippen LogP contribution in [0.1, 0.15) is 18.4 Å². The van der Waals surface area contributed by atoms with Gasteiger partial charge in [-0.15, -0.1) is 0 Å². The number of nitrogens with zero attached hydrogens (tertiary/aromatic N) is 1. The van der Waals surface area contributed by atoms with Crippen LogP contribution in [-0.4, -0.2) is 17.9 Å². The molecule has 0 radical (unpaired) electrons. The third-order valence-electron chi connectivity index (χ3n) is 2.96. The number of hydrogen-bond acceptors (Lipinski definition) is 2. The van der Waals surface area contributed by atoms with Crippen molar-refractivity contribution >= 4 is 33.4 Å². The van der Waals surface area contributed by atoms with Gasteiger partial charge in [0.05, 0.1) is 0 Å². The van der Waals surface area contributed by atoms with Crippen LogP contribution in [-0.2, 0) is 9.59 Å². The second kappa shape index (κ2) is 4.49. The van der Waals surface area contributed by atoms with E-state index in [0.29, 0.717) is 12.8 Å². The molecule has 90 valence electrons. The third-order valence-corrected chi connectivity index (χ3v) is 3.45. The molecule has 1 saturated heterocycles.